The summed E-state index contributed by atoms with van der Waals surface area (Å²) in [6.07, 6.45) is 3.52. The number of nitrogens with zero attached hydrogens (tertiary/aromatic N) is 1. The Balaban J connectivity index is 2.10. The first-order chi connectivity index (χ1) is 9.90. The SMILES string of the molecule is CCOC(=O)c1cc2cc(S(C)(=O)=O)sc2n1CC1CC1. The Morgan fingerprint density at radius 1 is 1.43 bits per heavy atom. The summed E-state index contributed by atoms with van der Waals surface area (Å²) in [4.78, 5) is 12.9. The largest absolute Gasteiger partial charge is 0.461 e. The van der Waals surface area contributed by atoms with Crippen LogP contribution in [0.5, 0.6) is 0 Å². The molecule has 0 aliphatic heterocycles. The number of sulfone groups is 1. The number of hydrogen-bond acceptors (Lipinski definition) is 5. The minimum absolute atomic E-state index is 0.329. The minimum atomic E-state index is -3.22. The Morgan fingerprint density at radius 2 is 2.14 bits per heavy atom. The van der Waals surface area contributed by atoms with Gasteiger partial charge in [-0.15, -0.1) is 11.3 Å². The Bertz CT molecular complexity index is 796. The molecule has 0 atom stereocenters. The van der Waals surface area contributed by atoms with Crippen LogP contribution in [0.25, 0.3) is 10.2 Å². The molecule has 0 bridgehead atoms. The summed E-state index contributed by atoms with van der Waals surface area (Å²) in [5.74, 6) is 0.236. The first kappa shape index (κ1) is 14.6. The molecular formula is C14H17NO4S2. The van der Waals surface area contributed by atoms with Crippen molar-refractivity contribution in [2.75, 3.05) is 12.9 Å². The molecule has 2 aromatic rings. The lowest BCUT2D eigenvalue weighted by Gasteiger charge is -2.08. The predicted molar refractivity (Wildman–Crippen MR) is 81.6 cm³/mol. The summed E-state index contributed by atoms with van der Waals surface area (Å²) in [7, 11) is -3.22. The number of esters is 1. The van der Waals surface area contributed by atoms with Crippen molar-refractivity contribution in [3.8, 4) is 0 Å². The van der Waals surface area contributed by atoms with E-state index >= 15 is 0 Å². The topological polar surface area (TPSA) is 65.4 Å². The maximum Gasteiger partial charge on any atom is 0.354 e. The van der Waals surface area contributed by atoms with E-state index in [4.69, 9.17) is 4.74 Å². The lowest BCUT2D eigenvalue weighted by molar-refractivity contribution is 0.0514. The number of rotatable bonds is 5. The molecule has 114 valence electrons. The third kappa shape index (κ3) is 2.85. The highest BCUT2D eigenvalue weighted by molar-refractivity contribution is 7.92. The van der Waals surface area contributed by atoms with Gasteiger partial charge in [0.05, 0.1) is 6.61 Å². The molecule has 1 aliphatic carbocycles. The molecule has 1 fully saturated rings. The van der Waals surface area contributed by atoms with Crippen LogP contribution in [0.3, 0.4) is 0 Å². The van der Waals surface area contributed by atoms with Crippen molar-refractivity contribution in [1.82, 2.24) is 4.57 Å². The molecule has 0 amide bonds. The number of thiophene rings is 1. The number of ether oxygens (including phenoxy) is 1. The molecule has 0 unspecified atom stereocenters. The van der Waals surface area contributed by atoms with Gasteiger partial charge in [0.1, 0.15) is 14.7 Å². The highest BCUT2D eigenvalue weighted by Gasteiger charge is 2.27. The van der Waals surface area contributed by atoms with E-state index in [2.05, 4.69) is 0 Å². The smallest absolute Gasteiger partial charge is 0.354 e. The molecule has 7 heteroatoms. The Kier molecular flexibility index (Phi) is 3.57. The zero-order chi connectivity index (χ0) is 15.2. The lowest BCUT2D eigenvalue weighted by Crippen LogP contribution is -2.12. The van der Waals surface area contributed by atoms with Gasteiger partial charge in [-0.2, -0.15) is 0 Å². The fraction of sp³-hybridized carbons (Fsp3) is 0.500. The number of aromatic nitrogens is 1. The minimum Gasteiger partial charge on any atom is -0.461 e. The third-order valence-electron chi connectivity index (χ3n) is 3.53. The van der Waals surface area contributed by atoms with Gasteiger partial charge in [-0.25, -0.2) is 13.2 Å². The van der Waals surface area contributed by atoms with E-state index in [1.165, 1.54) is 17.6 Å². The van der Waals surface area contributed by atoms with Crippen molar-refractivity contribution >= 4 is 37.4 Å². The summed E-state index contributed by atoms with van der Waals surface area (Å²) < 4.78 is 30.7. The molecule has 0 N–H and O–H groups in total. The monoisotopic (exact) mass is 327 g/mol. The summed E-state index contributed by atoms with van der Waals surface area (Å²) in [6, 6.07) is 3.38. The van der Waals surface area contributed by atoms with Crippen molar-refractivity contribution < 1.29 is 17.9 Å². The standard InChI is InChI=1S/C14H17NO4S2/c1-3-19-14(16)11-6-10-7-12(21(2,17)18)20-13(10)15(11)8-9-4-5-9/h6-7,9H,3-5,8H2,1-2H3. The molecule has 0 radical (unpaired) electrons. The van der Waals surface area contributed by atoms with E-state index in [0.29, 0.717) is 22.4 Å². The second kappa shape index (κ2) is 5.14. The van der Waals surface area contributed by atoms with Crippen LogP contribution in [-0.2, 0) is 21.1 Å². The highest BCUT2D eigenvalue weighted by atomic mass is 32.2. The van der Waals surface area contributed by atoms with Crippen LogP contribution < -0.4 is 0 Å². The number of hydrogen-bond donors (Lipinski definition) is 0. The van der Waals surface area contributed by atoms with E-state index < -0.39 is 9.84 Å². The molecule has 2 aromatic heterocycles. The van der Waals surface area contributed by atoms with Gasteiger partial charge in [-0.3, -0.25) is 0 Å². The van der Waals surface area contributed by atoms with E-state index in [1.807, 2.05) is 4.57 Å². The van der Waals surface area contributed by atoms with Crippen molar-refractivity contribution in [3.63, 3.8) is 0 Å². The third-order valence-corrected chi connectivity index (χ3v) is 6.51. The molecule has 3 rings (SSSR count). The molecule has 21 heavy (non-hydrogen) atoms. The molecule has 0 saturated heterocycles. The maximum absolute atomic E-state index is 12.1. The van der Waals surface area contributed by atoms with Gasteiger partial charge in [-0.1, -0.05) is 0 Å². The van der Waals surface area contributed by atoms with Crippen LogP contribution in [0.2, 0.25) is 0 Å². The van der Waals surface area contributed by atoms with Gasteiger partial charge in [-0.05, 0) is 37.8 Å². The molecule has 1 saturated carbocycles. The van der Waals surface area contributed by atoms with Gasteiger partial charge >= 0.3 is 5.97 Å². The molecule has 0 spiro atoms. The molecule has 5 nitrogen and oxygen atoms in total. The molecule has 0 aromatic carbocycles. The number of fused-ring (bicyclic) bond motifs is 1. The average molecular weight is 327 g/mol. The van der Waals surface area contributed by atoms with Crippen molar-refractivity contribution in [3.05, 3.63) is 17.8 Å². The van der Waals surface area contributed by atoms with Gasteiger partial charge in [0.15, 0.2) is 9.84 Å². The first-order valence-electron chi connectivity index (χ1n) is 6.90. The average Bonchev–Trinajstić information content (AvgIpc) is 2.98. The van der Waals surface area contributed by atoms with Crippen LogP contribution in [-0.4, -0.2) is 31.8 Å². The van der Waals surface area contributed by atoms with Crippen molar-refractivity contribution in [1.29, 1.82) is 0 Å². The van der Waals surface area contributed by atoms with Crippen molar-refractivity contribution in [2.24, 2.45) is 5.92 Å². The number of carbonyl (C=O) groups is 1. The van der Waals surface area contributed by atoms with Gasteiger partial charge in [0.25, 0.3) is 0 Å². The van der Waals surface area contributed by atoms with Crippen LogP contribution in [0.15, 0.2) is 16.3 Å². The van der Waals surface area contributed by atoms with E-state index in [1.54, 1.807) is 19.1 Å². The summed E-state index contributed by atoms with van der Waals surface area (Å²) >= 11 is 1.22. The maximum atomic E-state index is 12.1. The van der Waals surface area contributed by atoms with E-state index in [-0.39, 0.29) is 5.97 Å². The van der Waals surface area contributed by atoms with Crippen LogP contribution in [0.1, 0.15) is 30.3 Å². The second-order valence-corrected chi connectivity index (χ2v) is 8.68. The quantitative estimate of drug-likeness (QED) is 0.792. The van der Waals surface area contributed by atoms with Crippen molar-refractivity contribution in [2.45, 2.75) is 30.5 Å². The fourth-order valence-corrected chi connectivity index (χ4v) is 4.40. The van der Waals surface area contributed by atoms with E-state index in [9.17, 15) is 13.2 Å². The summed E-state index contributed by atoms with van der Waals surface area (Å²) in [5.41, 5.74) is 0.519. The van der Waals surface area contributed by atoms with Gasteiger partial charge in [0, 0.05) is 18.2 Å². The first-order valence-corrected chi connectivity index (χ1v) is 9.61. The molecule has 2 heterocycles. The second-order valence-electron chi connectivity index (χ2n) is 5.40. The normalized spacial score (nSPS) is 15.5. The molecular weight excluding hydrogens is 310 g/mol. The van der Waals surface area contributed by atoms with Crippen LogP contribution in [0.4, 0.5) is 0 Å². The summed E-state index contributed by atoms with van der Waals surface area (Å²) in [6.45, 7) is 2.85. The summed E-state index contributed by atoms with van der Waals surface area (Å²) in [5, 5.41) is 0.795. The zero-order valence-electron chi connectivity index (χ0n) is 12.0. The molecule has 1 aliphatic rings. The van der Waals surface area contributed by atoms with Gasteiger partial charge < -0.3 is 9.30 Å². The fourth-order valence-electron chi connectivity index (χ4n) is 2.32. The van der Waals surface area contributed by atoms with E-state index in [0.717, 1.165) is 29.6 Å². The Morgan fingerprint density at radius 3 is 2.71 bits per heavy atom. The highest BCUT2D eigenvalue weighted by Crippen LogP contribution is 2.37. The predicted octanol–water partition coefficient (Wildman–Crippen LogP) is 2.69. The Labute approximate surface area is 127 Å². The lowest BCUT2D eigenvalue weighted by atomic mass is 10.3. The van der Waals surface area contributed by atoms with Crippen LogP contribution in [0, 0.1) is 5.92 Å². The zero-order valence-corrected chi connectivity index (χ0v) is 13.6. The number of carbonyl (C=O) groups excluding carboxylic acids is 1. The van der Waals surface area contributed by atoms with Gasteiger partial charge in [0.2, 0.25) is 0 Å². The Hall–Kier alpha value is -1.34. The van der Waals surface area contributed by atoms with Crippen LogP contribution >= 0.6 is 11.3 Å².